The molecule has 26 heavy (non-hydrogen) atoms. The van der Waals surface area contributed by atoms with E-state index in [2.05, 4.69) is 4.98 Å². The fourth-order valence-electron chi connectivity index (χ4n) is 2.69. The average molecular weight is 380 g/mol. The Balaban J connectivity index is 0.00000243. The number of hydrogen-bond donors (Lipinski definition) is 0. The SMILES string of the molecule is COc1cc2cc(C)nc(C(=O)c3ccc(F)cc3F)c2cc1OC.Cl. The van der Waals surface area contributed by atoms with Gasteiger partial charge >= 0.3 is 0 Å². The van der Waals surface area contributed by atoms with E-state index in [-0.39, 0.29) is 23.7 Å². The second-order valence-corrected chi connectivity index (χ2v) is 5.49. The first-order chi connectivity index (χ1) is 11.9. The normalized spacial score (nSPS) is 10.3. The quantitative estimate of drug-likeness (QED) is 0.626. The lowest BCUT2D eigenvalue weighted by atomic mass is 10.0. The summed E-state index contributed by atoms with van der Waals surface area (Å²) in [7, 11) is 2.99. The average Bonchev–Trinajstić information content (AvgIpc) is 2.59. The third kappa shape index (κ3) is 3.46. The van der Waals surface area contributed by atoms with Gasteiger partial charge in [-0.3, -0.25) is 4.79 Å². The van der Waals surface area contributed by atoms with Crippen molar-refractivity contribution in [3.63, 3.8) is 0 Å². The van der Waals surface area contributed by atoms with Crippen LogP contribution in [0.4, 0.5) is 8.78 Å². The zero-order valence-corrected chi connectivity index (χ0v) is 15.1. The van der Waals surface area contributed by atoms with Crippen molar-refractivity contribution in [1.29, 1.82) is 0 Å². The van der Waals surface area contributed by atoms with E-state index >= 15 is 0 Å². The van der Waals surface area contributed by atoms with E-state index in [9.17, 15) is 13.6 Å². The number of ketones is 1. The molecule has 0 fully saturated rings. The third-order valence-electron chi connectivity index (χ3n) is 3.85. The standard InChI is InChI=1S/C19H15F2NO3.ClH/c1-10-6-11-7-16(24-2)17(25-3)9-14(11)18(22-10)19(23)13-5-4-12(20)8-15(13)21;/h4-9H,1-3H3;1H. The zero-order chi connectivity index (χ0) is 18.1. The first-order valence-electron chi connectivity index (χ1n) is 7.47. The molecule has 0 unspecified atom stereocenters. The predicted molar refractivity (Wildman–Crippen MR) is 96.6 cm³/mol. The summed E-state index contributed by atoms with van der Waals surface area (Å²) in [5.74, 6) is -1.37. The van der Waals surface area contributed by atoms with E-state index in [0.717, 1.165) is 12.1 Å². The molecule has 0 radical (unpaired) electrons. The minimum atomic E-state index is -0.929. The lowest BCUT2D eigenvalue weighted by Gasteiger charge is -2.12. The summed E-state index contributed by atoms with van der Waals surface area (Å²) in [5, 5.41) is 1.20. The minimum Gasteiger partial charge on any atom is -0.493 e. The second kappa shape index (κ2) is 7.66. The number of benzene rings is 2. The summed E-state index contributed by atoms with van der Waals surface area (Å²) < 4.78 is 37.7. The van der Waals surface area contributed by atoms with Crippen molar-refractivity contribution in [2.75, 3.05) is 14.2 Å². The van der Waals surface area contributed by atoms with Gasteiger partial charge in [0.2, 0.25) is 5.78 Å². The molecule has 4 nitrogen and oxygen atoms in total. The molecule has 0 spiro atoms. The van der Waals surface area contributed by atoms with Crippen LogP contribution in [0.1, 0.15) is 21.7 Å². The Morgan fingerprint density at radius 3 is 2.27 bits per heavy atom. The number of aryl methyl sites for hydroxylation is 1. The van der Waals surface area contributed by atoms with Crippen LogP contribution in [0, 0.1) is 18.6 Å². The highest BCUT2D eigenvalue weighted by molar-refractivity contribution is 6.15. The molecule has 0 atom stereocenters. The van der Waals surface area contributed by atoms with Crippen LogP contribution in [-0.2, 0) is 0 Å². The number of fused-ring (bicyclic) bond motifs is 1. The van der Waals surface area contributed by atoms with Crippen molar-refractivity contribution >= 4 is 29.0 Å². The lowest BCUT2D eigenvalue weighted by molar-refractivity contribution is 0.103. The molecule has 1 heterocycles. The van der Waals surface area contributed by atoms with Gasteiger partial charge < -0.3 is 9.47 Å². The number of halogens is 3. The van der Waals surface area contributed by atoms with Gasteiger partial charge in [-0.1, -0.05) is 0 Å². The molecular formula is C19H16ClF2NO3. The summed E-state index contributed by atoms with van der Waals surface area (Å²) >= 11 is 0. The molecule has 1 aromatic heterocycles. The maximum Gasteiger partial charge on any atom is 0.214 e. The first-order valence-corrected chi connectivity index (χ1v) is 7.47. The summed E-state index contributed by atoms with van der Waals surface area (Å²) in [6, 6.07) is 7.96. The van der Waals surface area contributed by atoms with Gasteiger partial charge in [-0.2, -0.15) is 0 Å². The molecule has 3 rings (SSSR count). The Bertz CT molecular complexity index is 992. The largest absolute Gasteiger partial charge is 0.493 e. The Morgan fingerprint density at radius 1 is 1.00 bits per heavy atom. The predicted octanol–water partition coefficient (Wildman–Crippen LogP) is 4.49. The van der Waals surface area contributed by atoms with Crippen LogP contribution >= 0.6 is 12.4 Å². The summed E-state index contributed by atoms with van der Waals surface area (Å²) in [4.78, 5) is 17.1. The number of carbonyl (C=O) groups excluding carboxylic acids is 1. The highest BCUT2D eigenvalue weighted by atomic mass is 35.5. The Labute approximate surface area is 155 Å². The fourth-order valence-corrected chi connectivity index (χ4v) is 2.69. The van der Waals surface area contributed by atoms with E-state index in [1.54, 1.807) is 25.1 Å². The summed E-state index contributed by atoms with van der Waals surface area (Å²) in [5.41, 5.74) is 0.419. The van der Waals surface area contributed by atoms with Crippen LogP contribution in [0.3, 0.4) is 0 Å². The van der Waals surface area contributed by atoms with Crippen LogP contribution in [0.2, 0.25) is 0 Å². The topological polar surface area (TPSA) is 48.4 Å². The van der Waals surface area contributed by atoms with Gasteiger partial charge in [-0.25, -0.2) is 13.8 Å². The molecule has 0 amide bonds. The molecule has 0 bridgehead atoms. The summed E-state index contributed by atoms with van der Waals surface area (Å²) in [6.45, 7) is 1.73. The van der Waals surface area contributed by atoms with Crippen LogP contribution in [-0.4, -0.2) is 25.0 Å². The van der Waals surface area contributed by atoms with Crippen LogP contribution in [0.25, 0.3) is 10.8 Å². The molecular weight excluding hydrogens is 364 g/mol. The van der Waals surface area contributed by atoms with Crippen molar-refractivity contribution in [3.8, 4) is 11.5 Å². The molecule has 2 aromatic carbocycles. The highest BCUT2D eigenvalue weighted by Crippen LogP contribution is 2.34. The van der Waals surface area contributed by atoms with Crippen molar-refractivity contribution in [2.24, 2.45) is 0 Å². The van der Waals surface area contributed by atoms with Crippen molar-refractivity contribution in [3.05, 3.63) is 65.0 Å². The Morgan fingerprint density at radius 2 is 1.65 bits per heavy atom. The van der Waals surface area contributed by atoms with Gasteiger partial charge in [0, 0.05) is 17.1 Å². The van der Waals surface area contributed by atoms with Gasteiger partial charge in [0.25, 0.3) is 0 Å². The van der Waals surface area contributed by atoms with E-state index in [0.29, 0.717) is 34.0 Å². The number of methoxy groups -OCH3 is 2. The van der Waals surface area contributed by atoms with E-state index in [1.807, 2.05) is 0 Å². The lowest BCUT2D eigenvalue weighted by Crippen LogP contribution is -2.09. The Hall–Kier alpha value is -2.73. The maximum absolute atomic E-state index is 14.0. The van der Waals surface area contributed by atoms with Crippen LogP contribution < -0.4 is 9.47 Å². The van der Waals surface area contributed by atoms with Gasteiger partial charge in [0.05, 0.1) is 19.8 Å². The van der Waals surface area contributed by atoms with Gasteiger partial charge in [-0.05, 0) is 42.6 Å². The highest BCUT2D eigenvalue weighted by Gasteiger charge is 2.20. The van der Waals surface area contributed by atoms with Gasteiger partial charge in [-0.15, -0.1) is 12.4 Å². The molecule has 3 aromatic rings. The number of carbonyl (C=O) groups is 1. The van der Waals surface area contributed by atoms with Gasteiger partial charge in [0.15, 0.2) is 11.5 Å². The number of hydrogen-bond acceptors (Lipinski definition) is 4. The van der Waals surface area contributed by atoms with Gasteiger partial charge in [0.1, 0.15) is 17.3 Å². The smallest absolute Gasteiger partial charge is 0.214 e. The molecule has 7 heteroatoms. The first kappa shape index (κ1) is 19.6. The molecule has 136 valence electrons. The van der Waals surface area contributed by atoms with Crippen molar-refractivity contribution in [1.82, 2.24) is 4.98 Å². The molecule has 0 saturated heterocycles. The third-order valence-corrected chi connectivity index (χ3v) is 3.85. The molecule has 0 N–H and O–H groups in total. The van der Waals surface area contributed by atoms with E-state index in [4.69, 9.17) is 9.47 Å². The second-order valence-electron chi connectivity index (χ2n) is 5.49. The number of pyridine rings is 1. The molecule has 0 saturated carbocycles. The van der Waals surface area contributed by atoms with Crippen LogP contribution in [0.5, 0.6) is 11.5 Å². The van der Waals surface area contributed by atoms with E-state index in [1.165, 1.54) is 14.2 Å². The molecule has 0 aliphatic carbocycles. The monoisotopic (exact) mass is 379 g/mol. The van der Waals surface area contributed by atoms with Crippen molar-refractivity contribution in [2.45, 2.75) is 6.92 Å². The van der Waals surface area contributed by atoms with Crippen LogP contribution in [0.15, 0.2) is 36.4 Å². The molecule has 0 aliphatic rings. The number of ether oxygens (including phenoxy) is 2. The number of rotatable bonds is 4. The fraction of sp³-hybridized carbons (Fsp3) is 0.158. The maximum atomic E-state index is 14.0. The summed E-state index contributed by atoms with van der Waals surface area (Å²) in [6.07, 6.45) is 0. The Kier molecular flexibility index (Phi) is 5.77. The number of nitrogens with zero attached hydrogens (tertiary/aromatic N) is 1. The number of aromatic nitrogens is 1. The molecule has 0 aliphatic heterocycles. The zero-order valence-electron chi connectivity index (χ0n) is 14.3. The van der Waals surface area contributed by atoms with E-state index < -0.39 is 17.4 Å². The van der Waals surface area contributed by atoms with Crippen molar-refractivity contribution < 1.29 is 23.0 Å². The minimum absolute atomic E-state index is 0.